The minimum Gasteiger partial charge on any atom is -0.202 e. The highest BCUT2D eigenvalue weighted by molar-refractivity contribution is 7.99. The largest absolute Gasteiger partial charge is 0.338 e. The first kappa shape index (κ1) is 23.3. The zero-order valence-electron chi connectivity index (χ0n) is 12.6. The first-order valence-electron chi connectivity index (χ1n) is 6.30. The van der Waals surface area contributed by atoms with Crippen LogP contribution in [0.5, 0.6) is 0 Å². The van der Waals surface area contributed by atoms with Crippen LogP contribution in [0.3, 0.4) is 0 Å². The van der Waals surface area contributed by atoms with Gasteiger partial charge in [-0.2, -0.15) is 16.8 Å². The van der Waals surface area contributed by atoms with Crippen molar-refractivity contribution in [3.63, 3.8) is 0 Å². The van der Waals surface area contributed by atoms with Crippen LogP contribution in [0.15, 0.2) is 19.6 Å². The van der Waals surface area contributed by atoms with Crippen LogP contribution in [0, 0.1) is 46.5 Å². The van der Waals surface area contributed by atoms with Gasteiger partial charge in [0, 0.05) is 0 Å². The van der Waals surface area contributed by atoms with Crippen LogP contribution in [0.2, 0.25) is 0 Å². The molecule has 0 amide bonds. The summed E-state index contributed by atoms with van der Waals surface area (Å²) in [5, 5.41) is 0. The molecule has 0 fully saturated rings. The molecule has 0 radical (unpaired) electrons. The van der Waals surface area contributed by atoms with Crippen molar-refractivity contribution >= 4 is 32.2 Å². The fourth-order valence-corrected chi connectivity index (χ4v) is 4.03. The molecule has 0 saturated heterocycles. The molecule has 0 aliphatic carbocycles. The number of benzene rings is 2. The fourth-order valence-electron chi connectivity index (χ4n) is 1.89. The standard InChI is InChI=1S/C12F10O4S3/c13-1-5(17)11(28(21,23)24)6(18)2(14)9(1)27-10-3(15)7(19)12(29(22,25)26)8(20)4(10)16. The van der Waals surface area contributed by atoms with Gasteiger partial charge in [-0.05, 0) is 0 Å². The summed E-state index contributed by atoms with van der Waals surface area (Å²) < 4.78 is 178. The van der Waals surface area contributed by atoms with Crippen LogP contribution in [-0.2, 0) is 20.4 Å². The molecule has 0 aliphatic heterocycles. The van der Waals surface area contributed by atoms with E-state index in [4.69, 9.17) is 0 Å². The fraction of sp³-hybridized carbons (Fsp3) is 0. The molecular weight excluding hydrogens is 494 g/mol. The monoisotopic (exact) mass is 494 g/mol. The van der Waals surface area contributed by atoms with Gasteiger partial charge in [-0.15, -0.1) is 7.77 Å². The summed E-state index contributed by atoms with van der Waals surface area (Å²) in [5.41, 5.74) is 0. The Morgan fingerprint density at radius 2 is 0.655 bits per heavy atom. The van der Waals surface area contributed by atoms with Crippen molar-refractivity contribution in [2.24, 2.45) is 0 Å². The Morgan fingerprint density at radius 1 is 0.448 bits per heavy atom. The van der Waals surface area contributed by atoms with E-state index in [1.54, 1.807) is 0 Å². The smallest absolute Gasteiger partial charge is 0.202 e. The lowest BCUT2D eigenvalue weighted by Crippen LogP contribution is -2.11. The van der Waals surface area contributed by atoms with Crippen molar-refractivity contribution in [3.8, 4) is 0 Å². The molecule has 160 valence electrons. The lowest BCUT2D eigenvalue weighted by Gasteiger charge is -2.12. The average molecular weight is 494 g/mol. The summed E-state index contributed by atoms with van der Waals surface area (Å²) in [6, 6.07) is 0. The maximum atomic E-state index is 13.8. The van der Waals surface area contributed by atoms with E-state index < -0.39 is 98.3 Å². The van der Waals surface area contributed by atoms with E-state index in [-0.39, 0.29) is 0 Å². The third-order valence-corrected chi connectivity index (χ3v) is 5.87. The summed E-state index contributed by atoms with van der Waals surface area (Å²) in [6.07, 6.45) is 0. The summed E-state index contributed by atoms with van der Waals surface area (Å²) >= 11 is -1.11. The molecule has 0 bridgehead atoms. The topological polar surface area (TPSA) is 68.3 Å². The first-order chi connectivity index (χ1) is 13.0. The third-order valence-electron chi connectivity index (χ3n) is 3.06. The van der Waals surface area contributed by atoms with Gasteiger partial charge in [-0.3, -0.25) is 0 Å². The Kier molecular flexibility index (Phi) is 5.90. The number of rotatable bonds is 4. The van der Waals surface area contributed by atoms with Crippen molar-refractivity contribution in [3.05, 3.63) is 46.5 Å². The van der Waals surface area contributed by atoms with E-state index in [9.17, 15) is 59.7 Å². The van der Waals surface area contributed by atoms with Crippen LogP contribution < -0.4 is 0 Å². The van der Waals surface area contributed by atoms with Crippen LogP contribution in [0.25, 0.3) is 0 Å². The van der Waals surface area contributed by atoms with Gasteiger partial charge in [0.25, 0.3) is 0 Å². The van der Waals surface area contributed by atoms with Gasteiger partial charge in [0.15, 0.2) is 56.3 Å². The highest BCUT2D eigenvalue weighted by Crippen LogP contribution is 2.42. The van der Waals surface area contributed by atoms with Crippen molar-refractivity contribution in [2.45, 2.75) is 19.6 Å². The van der Waals surface area contributed by atoms with Gasteiger partial charge in [0.05, 0.1) is 9.79 Å². The quantitative estimate of drug-likeness (QED) is 0.361. The van der Waals surface area contributed by atoms with Crippen LogP contribution in [-0.4, -0.2) is 16.8 Å². The van der Waals surface area contributed by atoms with Gasteiger partial charge in [0.1, 0.15) is 0 Å². The summed E-state index contributed by atoms with van der Waals surface area (Å²) in [5.74, 6) is -22.4. The van der Waals surface area contributed by atoms with E-state index in [1.165, 1.54) is 0 Å². The maximum Gasteiger partial charge on any atom is 0.338 e. The van der Waals surface area contributed by atoms with Crippen molar-refractivity contribution < 1.29 is 59.7 Å². The summed E-state index contributed by atoms with van der Waals surface area (Å²) in [7, 11) is -12.7. The zero-order valence-corrected chi connectivity index (χ0v) is 15.1. The Labute approximate surface area is 158 Å². The summed E-state index contributed by atoms with van der Waals surface area (Å²) in [6.45, 7) is 0. The molecule has 29 heavy (non-hydrogen) atoms. The normalized spacial score (nSPS) is 12.5. The molecule has 0 aliphatic rings. The second-order valence-corrected chi connectivity index (χ2v) is 8.39. The van der Waals surface area contributed by atoms with Gasteiger partial charge in [-0.1, -0.05) is 11.8 Å². The maximum absolute atomic E-state index is 13.8. The third kappa shape index (κ3) is 3.89. The van der Waals surface area contributed by atoms with Crippen LogP contribution in [0.1, 0.15) is 0 Å². The van der Waals surface area contributed by atoms with Crippen molar-refractivity contribution in [2.75, 3.05) is 0 Å². The molecule has 0 unspecified atom stereocenters. The lowest BCUT2D eigenvalue weighted by molar-refractivity contribution is 0.386. The highest BCUT2D eigenvalue weighted by atomic mass is 32.3. The van der Waals surface area contributed by atoms with Crippen molar-refractivity contribution in [1.29, 1.82) is 0 Å². The van der Waals surface area contributed by atoms with E-state index in [0.29, 0.717) is 0 Å². The van der Waals surface area contributed by atoms with E-state index >= 15 is 0 Å². The Balaban J connectivity index is 2.84. The average Bonchev–Trinajstić information content (AvgIpc) is 2.55. The summed E-state index contributed by atoms with van der Waals surface area (Å²) in [4.78, 5) is -9.71. The van der Waals surface area contributed by atoms with Gasteiger partial charge in [-0.25, -0.2) is 35.1 Å². The zero-order chi connectivity index (χ0) is 22.6. The van der Waals surface area contributed by atoms with Gasteiger partial charge >= 0.3 is 20.4 Å². The molecule has 2 aromatic carbocycles. The molecule has 2 aromatic rings. The van der Waals surface area contributed by atoms with Crippen LogP contribution >= 0.6 is 11.8 Å². The minimum absolute atomic E-state index is 1.11. The Hall–Kier alpha value is -2.01. The van der Waals surface area contributed by atoms with Crippen molar-refractivity contribution in [1.82, 2.24) is 0 Å². The molecule has 0 spiro atoms. The molecular formula is C12F10O4S3. The number of hydrogen-bond donors (Lipinski definition) is 0. The van der Waals surface area contributed by atoms with Gasteiger partial charge in [0.2, 0.25) is 0 Å². The Morgan fingerprint density at radius 3 is 0.828 bits per heavy atom. The van der Waals surface area contributed by atoms with Gasteiger partial charge < -0.3 is 0 Å². The molecule has 17 heteroatoms. The molecule has 0 saturated carbocycles. The number of halogens is 10. The molecule has 0 N–H and O–H groups in total. The molecule has 0 aromatic heterocycles. The minimum atomic E-state index is -6.37. The number of hydrogen-bond acceptors (Lipinski definition) is 5. The SMILES string of the molecule is O=S(=O)(F)c1c(F)c(F)c(Sc2c(F)c(F)c(S(=O)(=O)F)c(F)c2F)c(F)c1F. The molecule has 2 rings (SSSR count). The highest BCUT2D eigenvalue weighted by Gasteiger charge is 2.37. The first-order valence-corrected chi connectivity index (χ1v) is 9.89. The van der Waals surface area contributed by atoms with E-state index in [1.807, 2.05) is 0 Å². The Bertz CT molecular complexity index is 1100. The second kappa shape index (κ2) is 7.35. The molecule has 0 atom stereocenters. The predicted molar refractivity (Wildman–Crippen MR) is 73.3 cm³/mol. The predicted octanol–water partition coefficient (Wildman–Crippen LogP) is 4.27. The lowest BCUT2D eigenvalue weighted by atomic mass is 10.3. The van der Waals surface area contributed by atoms with E-state index in [2.05, 4.69) is 0 Å². The molecule has 4 nitrogen and oxygen atoms in total. The van der Waals surface area contributed by atoms with Crippen LogP contribution in [0.4, 0.5) is 42.9 Å². The molecule has 0 heterocycles. The van der Waals surface area contributed by atoms with E-state index in [0.717, 1.165) is 0 Å². The second-order valence-electron chi connectivity index (χ2n) is 4.81.